The maximum Gasteiger partial charge on any atom is 0.418 e. The highest BCUT2D eigenvalue weighted by Gasteiger charge is 2.39. The molecule has 0 spiro atoms. The molecule has 0 aromatic carbocycles. The molecule has 1 amide bonds. The fraction of sp³-hybridized carbons (Fsp3) is 0.176. The molecule has 2 heterocycles. The zero-order chi connectivity index (χ0) is 19.5. The van der Waals surface area contributed by atoms with Gasteiger partial charge in [0.1, 0.15) is 11.2 Å². The Morgan fingerprint density at radius 2 is 2.19 bits per heavy atom. The van der Waals surface area contributed by atoms with E-state index in [-0.39, 0.29) is 22.8 Å². The van der Waals surface area contributed by atoms with Crippen LogP contribution in [-0.4, -0.2) is 17.0 Å². The fourth-order valence-electron chi connectivity index (χ4n) is 2.09. The number of carbonyl (C=O) groups excluding carboxylic acids is 1. The number of nitrogens with zero attached hydrogens (tertiary/aromatic N) is 2. The van der Waals surface area contributed by atoms with Gasteiger partial charge in [-0.05, 0) is 24.4 Å². The number of carbonyl (C=O) groups is 1. The van der Waals surface area contributed by atoms with Gasteiger partial charge in [0.2, 0.25) is 5.91 Å². The number of hydrogen-bond donors (Lipinski definition) is 1. The van der Waals surface area contributed by atoms with E-state index in [0.29, 0.717) is 6.08 Å². The lowest BCUT2D eigenvalue weighted by Crippen LogP contribution is -2.29. The van der Waals surface area contributed by atoms with E-state index in [4.69, 9.17) is 16.9 Å². The summed E-state index contributed by atoms with van der Waals surface area (Å²) >= 11 is 7.59. The van der Waals surface area contributed by atoms with E-state index in [1.165, 1.54) is 18.3 Å². The number of amides is 1. The number of allylic oxidation sites excluding steroid dienone is 3. The van der Waals surface area contributed by atoms with Gasteiger partial charge in [-0.2, -0.15) is 18.4 Å². The molecule has 0 saturated carbocycles. The summed E-state index contributed by atoms with van der Waals surface area (Å²) in [7, 11) is 0. The van der Waals surface area contributed by atoms with Crippen molar-refractivity contribution in [3.8, 4) is 6.07 Å². The van der Waals surface area contributed by atoms with Crippen LogP contribution in [0.5, 0.6) is 0 Å². The highest BCUT2D eigenvalue weighted by Crippen LogP contribution is 2.38. The van der Waals surface area contributed by atoms with Crippen LogP contribution in [-0.2, 0) is 11.3 Å². The van der Waals surface area contributed by atoms with Gasteiger partial charge in [0.25, 0.3) is 0 Å². The molecule has 0 unspecified atom stereocenters. The minimum absolute atomic E-state index is 0.00124. The molecule has 0 aliphatic carbocycles. The highest BCUT2D eigenvalue weighted by molar-refractivity contribution is 7.09. The minimum Gasteiger partial charge on any atom is -0.347 e. The molecule has 0 saturated heterocycles. The maximum absolute atomic E-state index is 13.1. The summed E-state index contributed by atoms with van der Waals surface area (Å²) < 4.78 is 39.4. The maximum atomic E-state index is 13.1. The van der Waals surface area contributed by atoms with Gasteiger partial charge in [0.15, 0.2) is 0 Å². The molecule has 1 aliphatic heterocycles. The largest absolute Gasteiger partial charge is 0.418 e. The standard InChI is InChI=1S/C17H13ClF3N3OS/c1-10(16(25)23-8-13-4-3-5-26-13)15(18)24-9-12(7-22)6-14(11(24)2)17(19,20)21/h3-6,9H,2,8H2,1H3,(H,23,25)/b15-10+. The van der Waals surface area contributed by atoms with Crippen LogP contribution in [0.15, 0.2) is 63.9 Å². The van der Waals surface area contributed by atoms with E-state index >= 15 is 0 Å². The van der Waals surface area contributed by atoms with Gasteiger partial charge >= 0.3 is 6.18 Å². The second kappa shape index (κ2) is 7.81. The average molecular weight is 400 g/mol. The number of thiophene rings is 1. The molecule has 2 rings (SSSR count). The molecule has 136 valence electrons. The van der Waals surface area contributed by atoms with E-state index in [1.807, 2.05) is 17.5 Å². The summed E-state index contributed by atoms with van der Waals surface area (Å²) in [6.45, 7) is 5.05. The third kappa shape index (κ3) is 4.36. The van der Waals surface area contributed by atoms with Gasteiger partial charge in [0, 0.05) is 16.7 Å². The smallest absolute Gasteiger partial charge is 0.347 e. The highest BCUT2D eigenvalue weighted by atomic mass is 35.5. The van der Waals surface area contributed by atoms with Crippen molar-refractivity contribution in [1.29, 1.82) is 5.26 Å². The van der Waals surface area contributed by atoms with Gasteiger partial charge in [-0.1, -0.05) is 24.2 Å². The van der Waals surface area contributed by atoms with Gasteiger partial charge in [-0.3, -0.25) is 4.79 Å². The Bertz CT molecular complexity index is 861. The molecule has 0 atom stereocenters. The normalized spacial score (nSPS) is 15.7. The average Bonchev–Trinajstić information content (AvgIpc) is 3.11. The number of rotatable bonds is 4. The van der Waals surface area contributed by atoms with Gasteiger partial charge in [0.05, 0.1) is 23.4 Å². The molecule has 1 aromatic heterocycles. The SMILES string of the molecule is C=C1C(C(F)(F)F)=CC(C#N)=CN1/C(Cl)=C(\C)C(=O)NCc1cccs1. The van der Waals surface area contributed by atoms with Crippen LogP contribution in [0.2, 0.25) is 0 Å². The number of hydrogen-bond acceptors (Lipinski definition) is 4. The van der Waals surface area contributed by atoms with Crippen LogP contribution in [0.3, 0.4) is 0 Å². The van der Waals surface area contributed by atoms with Crippen molar-refractivity contribution >= 4 is 28.8 Å². The first kappa shape index (κ1) is 19.8. The van der Waals surface area contributed by atoms with Crippen molar-refractivity contribution in [2.75, 3.05) is 0 Å². The van der Waals surface area contributed by atoms with Crippen molar-refractivity contribution in [2.45, 2.75) is 19.6 Å². The Morgan fingerprint density at radius 1 is 1.50 bits per heavy atom. The third-order valence-electron chi connectivity index (χ3n) is 3.47. The monoisotopic (exact) mass is 399 g/mol. The lowest BCUT2D eigenvalue weighted by molar-refractivity contribution is -0.117. The number of alkyl halides is 3. The first-order chi connectivity index (χ1) is 12.1. The summed E-state index contributed by atoms with van der Waals surface area (Å²) in [5, 5.41) is 13.2. The summed E-state index contributed by atoms with van der Waals surface area (Å²) in [5.41, 5.74) is -1.82. The third-order valence-corrected chi connectivity index (χ3v) is 4.81. The van der Waals surface area contributed by atoms with E-state index < -0.39 is 23.4 Å². The van der Waals surface area contributed by atoms with Gasteiger partial charge in [-0.15, -0.1) is 11.3 Å². The molecule has 4 nitrogen and oxygen atoms in total. The molecular formula is C17H13ClF3N3OS. The lowest BCUT2D eigenvalue weighted by Gasteiger charge is -2.29. The fourth-order valence-corrected chi connectivity index (χ4v) is 2.97. The first-order valence-electron chi connectivity index (χ1n) is 7.21. The molecule has 26 heavy (non-hydrogen) atoms. The number of halogens is 4. The summed E-state index contributed by atoms with van der Waals surface area (Å²) in [6, 6.07) is 5.31. The lowest BCUT2D eigenvalue weighted by atomic mass is 10.0. The van der Waals surface area contributed by atoms with Crippen molar-refractivity contribution < 1.29 is 18.0 Å². The zero-order valence-electron chi connectivity index (χ0n) is 13.5. The number of nitriles is 1. The second-order valence-electron chi connectivity index (χ2n) is 5.25. The molecule has 1 aliphatic rings. The molecule has 0 bridgehead atoms. The van der Waals surface area contributed by atoms with Crippen molar-refractivity contribution in [2.24, 2.45) is 0 Å². The van der Waals surface area contributed by atoms with Crippen molar-refractivity contribution in [3.63, 3.8) is 0 Å². The summed E-state index contributed by atoms with van der Waals surface area (Å²) in [5.74, 6) is -0.536. The molecule has 1 N–H and O–H groups in total. The van der Waals surface area contributed by atoms with Crippen LogP contribution in [0.25, 0.3) is 0 Å². The van der Waals surface area contributed by atoms with E-state index in [1.54, 1.807) is 6.07 Å². The Kier molecular flexibility index (Phi) is 5.95. The topological polar surface area (TPSA) is 56.1 Å². The first-order valence-corrected chi connectivity index (χ1v) is 8.47. The predicted octanol–water partition coefficient (Wildman–Crippen LogP) is 4.56. The zero-order valence-corrected chi connectivity index (χ0v) is 15.1. The van der Waals surface area contributed by atoms with Crippen molar-refractivity contribution in [3.05, 3.63) is 68.8 Å². The molecule has 1 aromatic rings. The Labute approximate surface area is 157 Å². The summed E-state index contributed by atoms with van der Waals surface area (Å²) in [4.78, 5) is 14.0. The molecular weight excluding hydrogens is 387 g/mol. The Morgan fingerprint density at radius 3 is 2.73 bits per heavy atom. The minimum atomic E-state index is -4.71. The molecule has 0 fully saturated rings. The van der Waals surface area contributed by atoms with E-state index in [0.717, 1.165) is 16.0 Å². The number of nitrogens with one attached hydrogen (secondary N) is 1. The van der Waals surface area contributed by atoms with Crippen LogP contribution >= 0.6 is 22.9 Å². The van der Waals surface area contributed by atoms with Crippen LogP contribution in [0.4, 0.5) is 13.2 Å². The second-order valence-corrected chi connectivity index (χ2v) is 6.64. The Balaban J connectivity index is 2.27. The quantitative estimate of drug-likeness (QED) is 0.596. The van der Waals surface area contributed by atoms with Crippen LogP contribution in [0.1, 0.15) is 11.8 Å². The summed E-state index contributed by atoms with van der Waals surface area (Å²) in [6.07, 6.45) is -2.91. The molecule has 9 heteroatoms. The molecule has 0 radical (unpaired) electrons. The van der Waals surface area contributed by atoms with E-state index in [2.05, 4.69) is 11.9 Å². The van der Waals surface area contributed by atoms with E-state index in [9.17, 15) is 18.0 Å². The van der Waals surface area contributed by atoms with Crippen molar-refractivity contribution in [1.82, 2.24) is 10.2 Å². The Hall–Kier alpha value is -2.50. The van der Waals surface area contributed by atoms with Gasteiger partial charge < -0.3 is 10.2 Å². The van der Waals surface area contributed by atoms with Gasteiger partial charge in [-0.25, -0.2) is 0 Å². The predicted molar refractivity (Wildman–Crippen MR) is 93.5 cm³/mol. The van der Waals surface area contributed by atoms with Crippen LogP contribution in [0, 0.1) is 11.3 Å². The van der Waals surface area contributed by atoms with Crippen LogP contribution < -0.4 is 5.32 Å².